The minimum Gasteiger partial charge on any atom is -0.383 e. The molecule has 0 aliphatic heterocycles. The number of nitrogens with one attached hydrogen (secondary N) is 1. The second-order valence-electron chi connectivity index (χ2n) is 8.19. The van der Waals surface area contributed by atoms with Gasteiger partial charge in [0.25, 0.3) is 0 Å². The van der Waals surface area contributed by atoms with Crippen molar-refractivity contribution in [3.8, 4) is 0 Å². The molecule has 0 radical (unpaired) electrons. The third-order valence-electron chi connectivity index (χ3n) is 5.71. The lowest BCUT2D eigenvalue weighted by atomic mass is 10.1. The highest BCUT2D eigenvalue weighted by Gasteiger charge is 2.22. The van der Waals surface area contributed by atoms with E-state index < -0.39 is 0 Å². The zero-order valence-corrected chi connectivity index (χ0v) is 20.5. The van der Waals surface area contributed by atoms with Crippen molar-refractivity contribution in [1.29, 1.82) is 0 Å². The molecule has 1 aromatic heterocycles. The fraction of sp³-hybridized carbons (Fsp3) is 0.214. The first kappa shape index (κ1) is 24.4. The van der Waals surface area contributed by atoms with Crippen LogP contribution in [-0.4, -0.2) is 48.5 Å². The first-order chi connectivity index (χ1) is 17.1. The van der Waals surface area contributed by atoms with E-state index in [-0.39, 0.29) is 18.5 Å². The number of fused-ring (bicyclic) bond motifs is 1. The maximum absolute atomic E-state index is 13.5. The Labute approximate surface area is 209 Å². The number of hydrogen-bond donors (Lipinski definition) is 1. The van der Waals surface area contributed by atoms with Gasteiger partial charge in [-0.25, -0.2) is 4.79 Å². The Morgan fingerprint density at radius 1 is 0.857 bits per heavy atom. The lowest BCUT2D eigenvalue weighted by Gasteiger charge is -2.28. The van der Waals surface area contributed by atoms with Crippen LogP contribution < -0.4 is 5.32 Å². The zero-order valence-electron chi connectivity index (χ0n) is 19.7. The van der Waals surface area contributed by atoms with Crippen LogP contribution in [0.15, 0.2) is 90.3 Å². The number of hydrogen-bond acceptors (Lipinski definition) is 4. The van der Waals surface area contributed by atoms with Gasteiger partial charge >= 0.3 is 6.03 Å². The lowest BCUT2D eigenvalue weighted by Crippen LogP contribution is -2.45. The van der Waals surface area contributed by atoms with Gasteiger partial charge in [0, 0.05) is 30.5 Å². The zero-order chi connectivity index (χ0) is 24.5. The van der Waals surface area contributed by atoms with Crippen LogP contribution in [0.5, 0.6) is 0 Å². The van der Waals surface area contributed by atoms with Crippen molar-refractivity contribution < 1.29 is 14.3 Å². The van der Waals surface area contributed by atoms with Gasteiger partial charge in [-0.3, -0.25) is 4.79 Å². The summed E-state index contributed by atoms with van der Waals surface area (Å²) in [5.74, 6) is -0.119. The number of carbonyl (C=O) groups excluding carboxylic acids is 2. The molecule has 1 heterocycles. The van der Waals surface area contributed by atoms with E-state index in [2.05, 4.69) is 5.32 Å². The van der Waals surface area contributed by atoms with Crippen molar-refractivity contribution in [2.45, 2.75) is 13.1 Å². The molecule has 6 nitrogen and oxygen atoms in total. The van der Waals surface area contributed by atoms with Crippen LogP contribution in [0.2, 0.25) is 0 Å². The minimum absolute atomic E-state index is 0.0435. The van der Waals surface area contributed by atoms with Gasteiger partial charge in [-0.05, 0) is 28.5 Å². The normalized spacial score (nSPS) is 10.8. The van der Waals surface area contributed by atoms with Crippen LogP contribution >= 0.6 is 11.3 Å². The highest BCUT2D eigenvalue weighted by molar-refractivity contribution is 7.09. The molecule has 1 N–H and O–H groups in total. The number of nitrogens with zero attached hydrogens (tertiary/aromatic N) is 2. The summed E-state index contributed by atoms with van der Waals surface area (Å²) >= 11 is 1.61. The Balaban J connectivity index is 1.51. The van der Waals surface area contributed by atoms with E-state index in [4.69, 9.17) is 4.74 Å². The van der Waals surface area contributed by atoms with Gasteiger partial charge in [-0.15, -0.1) is 11.3 Å². The predicted octanol–water partition coefficient (Wildman–Crippen LogP) is 5.61. The number of rotatable bonds is 10. The van der Waals surface area contributed by atoms with Crippen LogP contribution in [0.4, 0.5) is 10.5 Å². The fourth-order valence-electron chi connectivity index (χ4n) is 3.87. The second kappa shape index (κ2) is 12.1. The van der Waals surface area contributed by atoms with Gasteiger partial charge in [0.2, 0.25) is 5.91 Å². The van der Waals surface area contributed by atoms with E-state index in [0.29, 0.717) is 31.9 Å². The highest BCUT2D eigenvalue weighted by atomic mass is 32.1. The summed E-state index contributed by atoms with van der Waals surface area (Å²) in [6.45, 7) is 1.56. The Morgan fingerprint density at radius 2 is 1.63 bits per heavy atom. The monoisotopic (exact) mass is 487 g/mol. The largest absolute Gasteiger partial charge is 0.383 e. The summed E-state index contributed by atoms with van der Waals surface area (Å²) in [6, 6.07) is 27.2. The number of thiophene rings is 1. The average molecular weight is 488 g/mol. The number of amides is 3. The van der Waals surface area contributed by atoms with Crippen LogP contribution in [-0.2, 0) is 22.6 Å². The summed E-state index contributed by atoms with van der Waals surface area (Å²) in [4.78, 5) is 31.2. The van der Waals surface area contributed by atoms with Crippen molar-refractivity contribution >= 4 is 39.7 Å². The van der Waals surface area contributed by atoms with E-state index >= 15 is 0 Å². The fourth-order valence-corrected chi connectivity index (χ4v) is 4.59. The average Bonchev–Trinajstić information content (AvgIpc) is 3.40. The molecule has 180 valence electrons. The summed E-state index contributed by atoms with van der Waals surface area (Å²) in [7, 11) is 1.58. The molecule has 0 saturated heterocycles. The van der Waals surface area contributed by atoms with Gasteiger partial charge in [-0.1, -0.05) is 72.8 Å². The maximum atomic E-state index is 13.5. The van der Waals surface area contributed by atoms with Crippen molar-refractivity contribution in [3.63, 3.8) is 0 Å². The summed E-state index contributed by atoms with van der Waals surface area (Å²) in [5.41, 5.74) is 1.75. The molecule has 35 heavy (non-hydrogen) atoms. The predicted molar refractivity (Wildman–Crippen MR) is 141 cm³/mol. The molecule has 4 rings (SSSR count). The quantitative estimate of drug-likeness (QED) is 0.316. The van der Waals surface area contributed by atoms with E-state index in [1.165, 1.54) is 4.90 Å². The smallest absolute Gasteiger partial charge is 0.322 e. The summed E-state index contributed by atoms with van der Waals surface area (Å²) in [5, 5.41) is 6.98. The van der Waals surface area contributed by atoms with Crippen LogP contribution in [0.25, 0.3) is 10.8 Å². The van der Waals surface area contributed by atoms with Crippen molar-refractivity contribution in [3.05, 3.63) is 101 Å². The molecule has 0 spiro atoms. The Morgan fingerprint density at radius 3 is 2.40 bits per heavy atom. The van der Waals surface area contributed by atoms with Crippen molar-refractivity contribution in [2.75, 3.05) is 32.1 Å². The molecule has 0 fully saturated rings. The topological polar surface area (TPSA) is 61.9 Å². The number of anilines is 1. The second-order valence-corrected chi connectivity index (χ2v) is 9.22. The Hall–Kier alpha value is -3.68. The third-order valence-corrected chi connectivity index (χ3v) is 6.57. The lowest BCUT2D eigenvalue weighted by molar-refractivity contribution is -0.133. The molecule has 0 aliphatic carbocycles. The number of carbonyl (C=O) groups is 2. The van der Waals surface area contributed by atoms with Gasteiger partial charge in [0.15, 0.2) is 0 Å². The van der Waals surface area contributed by atoms with Gasteiger partial charge in [0.05, 0.1) is 18.8 Å². The standard InChI is InChI=1S/C28H29N3O3S/c1-34-17-16-30(28(33)29-26-15-7-12-23-11-5-6-14-25(23)26)21-27(32)31(20-24-13-8-18-35-24)19-22-9-3-2-4-10-22/h2-15,18H,16-17,19-21H2,1H3,(H,29,33). The van der Waals surface area contributed by atoms with E-state index in [9.17, 15) is 9.59 Å². The molecule has 7 heteroatoms. The Bertz CT molecular complexity index is 1240. The molecule has 0 saturated carbocycles. The van der Waals surface area contributed by atoms with Gasteiger partial charge in [-0.2, -0.15) is 0 Å². The maximum Gasteiger partial charge on any atom is 0.322 e. The molecule has 0 atom stereocenters. The number of methoxy groups -OCH3 is 1. The molecular formula is C28H29N3O3S. The SMILES string of the molecule is COCCN(CC(=O)N(Cc1ccccc1)Cc1cccs1)C(=O)Nc1cccc2ccccc12. The van der Waals surface area contributed by atoms with Crippen molar-refractivity contribution in [2.24, 2.45) is 0 Å². The molecular weight excluding hydrogens is 458 g/mol. The first-order valence-electron chi connectivity index (χ1n) is 11.5. The van der Waals surface area contributed by atoms with E-state index in [0.717, 1.165) is 21.2 Å². The summed E-state index contributed by atoms with van der Waals surface area (Å²) in [6.07, 6.45) is 0. The highest BCUT2D eigenvalue weighted by Crippen LogP contribution is 2.23. The van der Waals surface area contributed by atoms with Crippen LogP contribution in [0, 0.1) is 0 Å². The molecule has 0 unspecified atom stereocenters. The number of benzene rings is 3. The number of urea groups is 1. The summed E-state index contributed by atoms with van der Waals surface area (Å²) < 4.78 is 5.22. The minimum atomic E-state index is -0.331. The van der Waals surface area contributed by atoms with Crippen LogP contribution in [0.1, 0.15) is 10.4 Å². The van der Waals surface area contributed by atoms with E-state index in [1.807, 2.05) is 90.3 Å². The molecule has 4 aromatic rings. The molecule has 0 bridgehead atoms. The van der Waals surface area contributed by atoms with Crippen molar-refractivity contribution in [1.82, 2.24) is 9.80 Å². The van der Waals surface area contributed by atoms with Gasteiger partial charge < -0.3 is 19.9 Å². The molecule has 0 aliphatic rings. The van der Waals surface area contributed by atoms with Gasteiger partial charge in [0.1, 0.15) is 6.54 Å². The first-order valence-corrected chi connectivity index (χ1v) is 12.4. The molecule has 3 amide bonds. The third kappa shape index (κ3) is 6.68. The Kier molecular flexibility index (Phi) is 8.48. The molecule has 3 aromatic carbocycles. The van der Waals surface area contributed by atoms with Crippen LogP contribution in [0.3, 0.4) is 0 Å². The van der Waals surface area contributed by atoms with E-state index in [1.54, 1.807) is 23.3 Å². The number of ether oxygens (including phenoxy) is 1.